The molecule has 2 aromatic carbocycles. The van der Waals surface area contributed by atoms with Crippen molar-refractivity contribution >= 4 is 0 Å². The fourth-order valence-corrected chi connectivity index (χ4v) is 5.93. The first-order valence-corrected chi connectivity index (χ1v) is 13.1. The number of fused-ring (bicyclic) bond motifs is 3. The Labute approximate surface area is 205 Å². The van der Waals surface area contributed by atoms with Crippen LogP contribution in [0.25, 0.3) is 33.6 Å². The largest absolute Gasteiger partial charge is 0.492 e. The molecule has 3 N–H and O–H groups in total. The van der Waals surface area contributed by atoms with E-state index < -0.39 is 0 Å². The first-order valence-electron chi connectivity index (χ1n) is 13.1. The molecular weight excluding hydrogens is 434 g/mol. The highest BCUT2D eigenvalue weighted by atomic mass is 16.5. The Morgan fingerprint density at radius 2 is 1.66 bits per heavy atom. The summed E-state index contributed by atoms with van der Waals surface area (Å²) in [6.45, 7) is 1.73. The van der Waals surface area contributed by atoms with Crippen LogP contribution < -0.4 is 10.1 Å². The van der Waals surface area contributed by atoms with E-state index in [2.05, 4.69) is 62.7 Å². The standard InChI is InChI=1S/C29H31N5O/c1-2-5-20(4-1)28-31-17-25(33-28)19-9-7-18(8-10-19)21-11-12-22-26(16-21)35-15-13-23-27(22)34-29(32-23)24-6-3-14-30-24/h7-12,16-17,20,24,30H,1-6,13-15H2,(H,31,33)(H,32,34)/t24-/m0/s1. The molecule has 4 aromatic rings. The van der Waals surface area contributed by atoms with Crippen LogP contribution in [0.3, 0.4) is 0 Å². The molecule has 1 aliphatic carbocycles. The van der Waals surface area contributed by atoms with Gasteiger partial charge in [-0.3, -0.25) is 0 Å². The summed E-state index contributed by atoms with van der Waals surface area (Å²) in [7, 11) is 0. The highest BCUT2D eigenvalue weighted by molar-refractivity contribution is 5.77. The quantitative estimate of drug-likeness (QED) is 0.338. The van der Waals surface area contributed by atoms with E-state index in [1.807, 2.05) is 6.20 Å². The number of aromatic amines is 2. The molecule has 2 aliphatic heterocycles. The van der Waals surface area contributed by atoms with Crippen LogP contribution in [0.1, 0.15) is 67.8 Å². The first kappa shape index (κ1) is 20.9. The van der Waals surface area contributed by atoms with Gasteiger partial charge in [0.2, 0.25) is 0 Å². The van der Waals surface area contributed by atoms with Gasteiger partial charge in [-0.15, -0.1) is 0 Å². The van der Waals surface area contributed by atoms with Gasteiger partial charge in [-0.2, -0.15) is 0 Å². The molecule has 178 valence electrons. The number of benzene rings is 2. The summed E-state index contributed by atoms with van der Waals surface area (Å²) in [6.07, 6.45) is 10.3. The van der Waals surface area contributed by atoms with Crippen molar-refractivity contribution in [2.45, 2.75) is 56.9 Å². The second-order valence-corrected chi connectivity index (χ2v) is 10.1. The van der Waals surface area contributed by atoms with Gasteiger partial charge in [0.15, 0.2) is 0 Å². The molecule has 35 heavy (non-hydrogen) atoms. The second-order valence-electron chi connectivity index (χ2n) is 10.1. The van der Waals surface area contributed by atoms with Crippen molar-refractivity contribution < 1.29 is 4.74 Å². The predicted octanol–water partition coefficient (Wildman–Crippen LogP) is 6.15. The van der Waals surface area contributed by atoms with E-state index >= 15 is 0 Å². The first-order chi connectivity index (χ1) is 17.3. The van der Waals surface area contributed by atoms with Gasteiger partial charge < -0.3 is 20.0 Å². The van der Waals surface area contributed by atoms with Gasteiger partial charge in [0.1, 0.15) is 17.4 Å². The Morgan fingerprint density at radius 3 is 2.49 bits per heavy atom. The number of nitrogens with one attached hydrogen (secondary N) is 3. The van der Waals surface area contributed by atoms with Crippen LogP contribution in [0.2, 0.25) is 0 Å². The Morgan fingerprint density at radius 1 is 0.829 bits per heavy atom. The van der Waals surface area contributed by atoms with Crippen LogP contribution in [-0.4, -0.2) is 33.1 Å². The van der Waals surface area contributed by atoms with Gasteiger partial charge in [0.25, 0.3) is 0 Å². The second kappa shape index (κ2) is 8.68. The van der Waals surface area contributed by atoms with Gasteiger partial charge in [0, 0.05) is 23.6 Å². The zero-order valence-electron chi connectivity index (χ0n) is 19.9. The van der Waals surface area contributed by atoms with E-state index in [-0.39, 0.29) is 0 Å². The summed E-state index contributed by atoms with van der Waals surface area (Å²) < 4.78 is 6.17. The lowest BCUT2D eigenvalue weighted by Gasteiger charge is -2.11. The molecule has 1 atom stereocenters. The molecule has 6 nitrogen and oxygen atoms in total. The SMILES string of the molecule is c1cc(-c2cnc(C3CCCC3)[nH]2)ccc1-c1ccc2c(c1)OCCc1[nH]c([C@@H]3CCCN3)nc1-2. The van der Waals surface area contributed by atoms with E-state index in [9.17, 15) is 0 Å². The normalized spacial score (nSPS) is 19.8. The van der Waals surface area contributed by atoms with Gasteiger partial charge in [-0.25, -0.2) is 9.97 Å². The number of hydrogen-bond acceptors (Lipinski definition) is 4. The topological polar surface area (TPSA) is 78.6 Å². The molecular formula is C29H31N5O. The predicted molar refractivity (Wildman–Crippen MR) is 137 cm³/mol. The van der Waals surface area contributed by atoms with Crippen molar-refractivity contribution in [1.29, 1.82) is 0 Å². The van der Waals surface area contributed by atoms with Crippen molar-refractivity contribution in [2.75, 3.05) is 13.2 Å². The molecule has 0 amide bonds. The minimum Gasteiger partial charge on any atom is -0.492 e. The lowest BCUT2D eigenvalue weighted by atomic mass is 9.99. The monoisotopic (exact) mass is 465 g/mol. The molecule has 0 bridgehead atoms. The fraction of sp³-hybridized carbons (Fsp3) is 0.379. The maximum atomic E-state index is 6.17. The highest BCUT2D eigenvalue weighted by Crippen LogP contribution is 2.39. The van der Waals surface area contributed by atoms with Crippen LogP contribution in [0.5, 0.6) is 5.75 Å². The smallest absolute Gasteiger partial charge is 0.129 e. The molecule has 7 rings (SSSR count). The molecule has 6 heteroatoms. The molecule has 1 saturated carbocycles. The Hall–Kier alpha value is -3.38. The van der Waals surface area contributed by atoms with Gasteiger partial charge in [-0.1, -0.05) is 43.2 Å². The number of rotatable bonds is 4. The van der Waals surface area contributed by atoms with Crippen LogP contribution >= 0.6 is 0 Å². The summed E-state index contributed by atoms with van der Waals surface area (Å²) in [4.78, 5) is 16.8. The van der Waals surface area contributed by atoms with Crippen molar-refractivity contribution in [2.24, 2.45) is 0 Å². The van der Waals surface area contributed by atoms with Gasteiger partial charge >= 0.3 is 0 Å². The van der Waals surface area contributed by atoms with Crippen LogP contribution in [-0.2, 0) is 6.42 Å². The Balaban J connectivity index is 1.15. The average molecular weight is 466 g/mol. The average Bonchev–Trinajstić information content (AvgIpc) is 3.70. The van der Waals surface area contributed by atoms with Crippen LogP contribution in [0, 0.1) is 0 Å². The minimum absolute atomic E-state index is 0.341. The molecule has 0 spiro atoms. The van der Waals surface area contributed by atoms with Crippen molar-refractivity contribution in [3.8, 4) is 39.4 Å². The van der Waals surface area contributed by atoms with Crippen molar-refractivity contribution in [3.05, 3.63) is 66.0 Å². The van der Waals surface area contributed by atoms with Crippen LogP contribution in [0.4, 0.5) is 0 Å². The lowest BCUT2D eigenvalue weighted by Crippen LogP contribution is -2.14. The third-order valence-corrected chi connectivity index (χ3v) is 7.90. The lowest BCUT2D eigenvalue weighted by molar-refractivity contribution is 0.325. The Kier molecular flexibility index (Phi) is 5.20. The van der Waals surface area contributed by atoms with Crippen LogP contribution in [0.15, 0.2) is 48.7 Å². The van der Waals surface area contributed by atoms with Gasteiger partial charge in [0.05, 0.1) is 30.2 Å². The maximum Gasteiger partial charge on any atom is 0.129 e. The Bertz CT molecular complexity index is 1340. The molecule has 2 aromatic heterocycles. The number of nitrogens with zero attached hydrogens (tertiary/aromatic N) is 2. The van der Waals surface area contributed by atoms with Crippen molar-refractivity contribution in [1.82, 2.24) is 25.3 Å². The van der Waals surface area contributed by atoms with Gasteiger partial charge in [-0.05, 0) is 61.1 Å². The molecule has 0 radical (unpaired) electrons. The number of imidazole rings is 2. The summed E-state index contributed by atoms with van der Waals surface area (Å²) >= 11 is 0. The number of aromatic nitrogens is 4. The number of ether oxygens (including phenoxy) is 1. The van der Waals surface area contributed by atoms with E-state index in [0.717, 1.165) is 59.3 Å². The zero-order valence-corrected chi connectivity index (χ0v) is 19.9. The van der Waals surface area contributed by atoms with E-state index in [4.69, 9.17) is 9.72 Å². The minimum atomic E-state index is 0.341. The third kappa shape index (κ3) is 3.86. The maximum absolute atomic E-state index is 6.17. The van der Waals surface area contributed by atoms with E-state index in [0.29, 0.717) is 18.6 Å². The molecule has 4 heterocycles. The molecule has 2 fully saturated rings. The molecule has 0 unspecified atom stereocenters. The number of H-pyrrole nitrogens is 2. The summed E-state index contributed by atoms with van der Waals surface area (Å²) in [5.74, 6) is 3.73. The fourth-order valence-electron chi connectivity index (χ4n) is 5.93. The highest BCUT2D eigenvalue weighted by Gasteiger charge is 2.25. The van der Waals surface area contributed by atoms with Crippen molar-refractivity contribution in [3.63, 3.8) is 0 Å². The molecule has 3 aliphatic rings. The zero-order chi connectivity index (χ0) is 23.2. The third-order valence-electron chi connectivity index (χ3n) is 7.90. The number of hydrogen-bond donors (Lipinski definition) is 3. The summed E-state index contributed by atoms with van der Waals surface area (Å²) in [5, 5.41) is 3.55. The molecule has 1 saturated heterocycles. The van der Waals surface area contributed by atoms with E-state index in [1.165, 1.54) is 48.9 Å². The summed E-state index contributed by atoms with van der Waals surface area (Å²) in [6, 6.07) is 15.6. The summed E-state index contributed by atoms with van der Waals surface area (Å²) in [5.41, 5.74) is 7.91. The van der Waals surface area contributed by atoms with E-state index in [1.54, 1.807) is 0 Å².